The number of aromatic nitrogens is 2. The van der Waals surface area contributed by atoms with Gasteiger partial charge in [-0.25, -0.2) is 9.78 Å². The molecule has 16 nitrogen and oxygen atoms in total. The maximum Gasteiger partial charge on any atom is 0.326 e. The minimum Gasteiger partial charge on any atom is -0.480 e. The van der Waals surface area contributed by atoms with E-state index >= 15 is 0 Å². The number of aliphatic carboxylic acids is 1. The molecule has 0 aliphatic heterocycles. The van der Waals surface area contributed by atoms with Gasteiger partial charge in [0.25, 0.3) is 0 Å². The first kappa shape index (κ1) is 31.8. The lowest BCUT2D eigenvalue weighted by Crippen LogP contribution is -2.58. The SMILES string of the molecule is CCC(C)C(NC(=O)C(CCCN=C(N)N)NC(=O)C(CC(N)=O)NC(=O)C(N)Cc1cnc[nH]1)C(=O)O. The molecule has 1 aromatic rings. The summed E-state index contributed by atoms with van der Waals surface area (Å²) in [5, 5.41) is 16.8. The Morgan fingerprint density at radius 3 is 2.21 bits per heavy atom. The molecule has 0 aromatic carbocycles. The van der Waals surface area contributed by atoms with Crippen molar-refractivity contribution < 1.29 is 29.1 Å². The molecule has 0 saturated carbocycles. The number of hydrogen-bond donors (Lipinski definition) is 9. The van der Waals surface area contributed by atoms with Crippen LogP contribution in [0.1, 0.15) is 45.2 Å². The number of amides is 4. The van der Waals surface area contributed by atoms with Gasteiger partial charge in [-0.2, -0.15) is 0 Å². The van der Waals surface area contributed by atoms with Gasteiger partial charge in [0.2, 0.25) is 23.6 Å². The Balaban J connectivity index is 3.03. The number of carbonyl (C=O) groups excluding carboxylic acids is 4. The number of nitrogens with zero attached hydrogens (tertiary/aromatic N) is 2. The number of H-pyrrole nitrogens is 1. The number of nitrogens with two attached hydrogens (primary N) is 4. The third-order valence-corrected chi connectivity index (χ3v) is 5.72. The highest BCUT2D eigenvalue weighted by Crippen LogP contribution is 2.10. The molecule has 1 heterocycles. The molecule has 13 N–H and O–H groups in total. The van der Waals surface area contributed by atoms with Gasteiger partial charge < -0.3 is 49.0 Å². The molecule has 16 heteroatoms. The van der Waals surface area contributed by atoms with E-state index in [1.165, 1.54) is 12.5 Å². The third-order valence-electron chi connectivity index (χ3n) is 5.72. The Labute approximate surface area is 219 Å². The Kier molecular flexibility index (Phi) is 13.2. The summed E-state index contributed by atoms with van der Waals surface area (Å²) in [6.07, 6.45) is 3.16. The van der Waals surface area contributed by atoms with Crippen LogP contribution < -0.4 is 38.9 Å². The van der Waals surface area contributed by atoms with E-state index in [1.54, 1.807) is 13.8 Å². The van der Waals surface area contributed by atoms with Crippen molar-refractivity contribution in [3.05, 3.63) is 18.2 Å². The summed E-state index contributed by atoms with van der Waals surface area (Å²) < 4.78 is 0. The van der Waals surface area contributed by atoms with Gasteiger partial charge in [-0.15, -0.1) is 0 Å². The minimum absolute atomic E-state index is 0.0256. The van der Waals surface area contributed by atoms with Crippen molar-refractivity contribution in [2.75, 3.05) is 6.54 Å². The second-order valence-corrected chi connectivity index (χ2v) is 8.84. The van der Waals surface area contributed by atoms with E-state index in [9.17, 15) is 29.1 Å². The monoisotopic (exact) mass is 538 g/mol. The van der Waals surface area contributed by atoms with Crippen molar-refractivity contribution in [1.82, 2.24) is 25.9 Å². The van der Waals surface area contributed by atoms with Gasteiger partial charge in [0, 0.05) is 24.9 Å². The minimum atomic E-state index is -1.44. The van der Waals surface area contributed by atoms with Gasteiger partial charge in [-0.1, -0.05) is 20.3 Å². The summed E-state index contributed by atoms with van der Waals surface area (Å²) >= 11 is 0. The maximum absolute atomic E-state index is 13.1. The molecule has 212 valence electrons. The predicted octanol–water partition coefficient (Wildman–Crippen LogP) is -3.21. The Bertz CT molecular complexity index is 979. The highest BCUT2D eigenvalue weighted by Gasteiger charge is 2.32. The Morgan fingerprint density at radius 1 is 1.05 bits per heavy atom. The number of hydrogen-bond acceptors (Lipinski definition) is 8. The summed E-state index contributed by atoms with van der Waals surface area (Å²) in [5.41, 5.74) is 22.4. The lowest BCUT2D eigenvalue weighted by Gasteiger charge is -2.26. The van der Waals surface area contributed by atoms with Crippen LogP contribution in [0, 0.1) is 5.92 Å². The van der Waals surface area contributed by atoms with Gasteiger partial charge in [0.05, 0.1) is 18.8 Å². The van der Waals surface area contributed by atoms with Crippen LogP contribution in [0.15, 0.2) is 17.5 Å². The van der Waals surface area contributed by atoms with Crippen LogP contribution in [0.5, 0.6) is 0 Å². The molecule has 0 bridgehead atoms. The van der Waals surface area contributed by atoms with Gasteiger partial charge in [0.15, 0.2) is 5.96 Å². The molecule has 0 aliphatic rings. The van der Waals surface area contributed by atoms with Gasteiger partial charge >= 0.3 is 5.97 Å². The number of guanidine groups is 1. The lowest BCUT2D eigenvalue weighted by atomic mass is 9.98. The average Bonchev–Trinajstić information content (AvgIpc) is 3.35. The smallest absolute Gasteiger partial charge is 0.326 e. The number of aliphatic imine (C=N–C) groups is 1. The van der Waals surface area contributed by atoms with E-state index in [-0.39, 0.29) is 31.8 Å². The van der Waals surface area contributed by atoms with E-state index in [2.05, 4.69) is 30.9 Å². The van der Waals surface area contributed by atoms with Crippen molar-refractivity contribution >= 4 is 35.6 Å². The standard InChI is InChI=1S/C22H38N10O6/c1-3-11(2)17(21(37)38)32-19(35)14(5-4-6-28-22(25)26)30-20(36)15(8-16(24)33)31-18(34)13(23)7-12-9-27-10-29-12/h9-11,13-15,17H,3-8,23H2,1-2H3,(H2,24,33)(H,27,29)(H,30,36)(H,31,34)(H,32,35)(H,37,38)(H4,25,26,28). The van der Waals surface area contributed by atoms with E-state index in [1.807, 2.05) is 0 Å². The fourth-order valence-corrected chi connectivity index (χ4v) is 3.40. The van der Waals surface area contributed by atoms with Crippen molar-refractivity contribution in [3.63, 3.8) is 0 Å². The average molecular weight is 539 g/mol. The fourth-order valence-electron chi connectivity index (χ4n) is 3.40. The zero-order valence-electron chi connectivity index (χ0n) is 21.5. The highest BCUT2D eigenvalue weighted by atomic mass is 16.4. The van der Waals surface area contributed by atoms with Gasteiger partial charge in [-0.05, 0) is 18.8 Å². The number of carboxylic acid groups (broad SMARTS) is 1. The number of aromatic amines is 1. The summed E-state index contributed by atoms with van der Waals surface area (Å²) in [7, 11) is 0. The molecule has 5 atom stereocenters. The zero-order chi connectivity index (χ0) is 28.8. The highest BCUT2D eigenvalue weighted by molar-refractivity contribution is 5.96. The molecule has 4 amide bonds. The Morgan fingerprint density at radius 2 is 1.68 bits per heavy atom. The maximum atomic E-state index is 13.1. The molecule has 1 aromatic heterocycles. The summed E-state index contributed by atoms with van der Waals surface area (Å²) in [6.45, 7) is 3.57. The topological polar surface area (TPSA) is 287 Å². The molecule has 0 fully saturated rings. The molecule has 0 radical (unpaired) electrons. The lowest BCUT2D eigenvalue weighted by molar-refractivity contribution is -0.144. The van der Waals surface area contributed by atoms with E-state index in [0.29, 0.717) is 12.1 Å². The first-order valence-corrected chi connectivity index (χ1v) is 12.1. The molecule has 0 spiro atoms. The second kappa shape index (κ2) is 15.8. The van der Waals surface area contributed by atoms with Crippen LogP contribution in [0.4, 0.5) is 0 Å². The van der Waals surface area contributed by atoms with E-state index < -0.39 is 66.1 Å². The van der Waals surface area contributed by atoms with Crippen molar-refractivity contribution in [2.45, 2.75) is 70.1 Å². The number of nitrogens with one attached hydrogen (secondary N) is 4. The number of imidazole rings is 1. The van der Waals surface area contributed by atoms with E-state index in [0.717, 1.165) is 0 Å². The van der Waals surface area contributed by atoms with Crippen LogP contribution in [0.2, 0.25) is 0 Å². The van der Waals surface area contributed by atoms with Crippen molar-refractivity contribution in [1.29, 1.82) is 0 Å². The number of carbonyl (C=O) groups is 5. The normalized spacial score (nSPS) is 14.7. The summed E-state index contributed by atoms with van der Waals surface area (Å²) in [5.74, 6) is -5.06. The van der Waals surface area contributed by atoms with Crippen molar-refractivity contribution in [3.8, 4) is 0 Å². The third kappa shape index (κ3) is 11.2. The molecule has 0 aliphatic carbocycles. The van der Waals surface area contributed by atoms with Gasteiger partial charge in [0.1, 0.15) is 18.1 Å². The molecule has 1 rings (SSSR count). The summed E-state index contributed by atoms with van der Waals surface area (Å²) in [6, 6.07) is -4.95. The van der Waals surface area contributed by atoms with Crippen LogP contribution in [-0.4, -0.2) is 81.3 Å². The molecule has 5 unspecified atom stereocenters. The number of rotatable bonds is 17. The van der Waals surface area contributed by atoms with E-state index in [4.69, 9.17) is 22.9 Å². The first-order chi connectivity index (χ1) is 17.8. The second-order valence-electron chi connectivity index (χ2n) is 8.84. The predicted molar refractivity (Wildman–Crippen MR) is 137 cm³/mol. The number of primary amides is 1. The quantitative estimate of drug-likeness (QED) is 0.0543. The van der Waals surface area contributed by atoms with Crippen molar-refractivity contribution in [2.24, 2.45) is 33.8 Å². The van der Waals surface area contributed by atoms with Crippen LogP contribution >= 0.6 is 0 Å². The van der Waals surface area contributed by atoms with Crippen LogP contribution in [0.3, 0.4) is 0 Å². The fraction of sp³-hybridized carbons (Fsp3) is 0.591. The molecule has 38 heavy (non-hydrogen) atoms. The molecular weight excluding hydrogens is 500 g/mol. The van der Waals surface area contributed by atoms with Crippen LogP contribution in [0.25, 0.3) is 0 Å². The first-order valence-electron chi connectivity index (χ1n) is 12.1. The Hall–Kier alpha value is -4.21. The number of carboxylic acids is 1. The zero-order valence-corrected chi connectivity index (χ0v) is 21.5. The molecule has 0 saturated heterocycles. The largest absolute Gasteiger partial charge is 0.480 e. The van der Waals surface area contributed by atoms with Gasteiger partial charge in [-0.3, -0.25) is 24.2 Å². The molecular formula is C22H38N10O6. The summed E-state index contributed by atoms with van der Waals surface area (Å²) in [4.78, 5) is 72.4. The van der Waals surface area contributed by atoms with Crippen LogP contribution in [-0.2, 0) is 30.4 Å².